The van der Waals surface area contributed by atoms with Crippen molar-refractivity contribution in [2.24, 2.45) is 0 Å². The predicted octanol–water partition coefficient (Wildman–Crippen LogP) is 0.729. The molecule has 0 aromatic rings. The standard InChI is InChI=1S/C8H14O5/c1-7(2,5(9)10)13-8(3,4)6(11)12/h1-4H3,(H,9,10)(H,11,12). The van der Waals surface area contributed by atoms with Crippen molar-refractivity contribution >= 4 is 11.9 Å². The molecule has 0 fully saturated rings. The third-order valence-electron chi connectivity index (χ3n) is 1.54. The molecular weight excluding hydrogens is 176 g/mol. The van der Waals surface area contributed by atoms with E-state index in [9.17, 15) is 9.59 Å². The minimum Gasteiger partial charge on any atom is -0.479 e. The highest BCUT2D eigenvalue weighted by atomic mass is 16.6. The molecule has 0 bridgehead atoms. The molecule has 0 aliphatic heterocycles. The number of carboxylic acid groups (broad SMARTS) is 2. The lowest BCUT2D eigenvalue weighted by molar-refractivity contribution is -0.192. The molecule has 5 heteroatoms. The van der Waals surface area contributed by atoms with E-state index in [1.165, 1.54) is 27.7 Å². The quantitative estimate of drug-likeness (QED) is 0.682. The molecule has 2 N–H and O–H groups in total. The van der Waals surface area contributed by atoms with Gasteiger partial charge >= 0.3 is 11.9 Å². The molecule has 0 saturated heterocycles. The SMILES string of the molecule is CC(C)(OC(C)(C)C(=O)O)C(=O)O. The summed E-state index contributed by atoms with van der Waals surface area (Å²) in [4.78, 5) is 21.2. The monoisotopic (exact) mass is 190 g/mol. The molecule has 0 aliphatic rings. The molecule has 0 heterocycles. The highest BCUT2D eigenvalue weighted by Crippen LogP contribution is 2.20. The molecule has 0 radical (unpaired) electrons. The van der Waals surface area contributed by atoms with Gasteiger partial charge in [-0.3, -0.25) is 0 Å². The fourth-order valence-corrected chi connectivity index (χ4v) is 0.725. The molecule has 76 valence electrons. The molecule has 0 atom stereocenters. The van der Waals surface area contributed by atoms with Crippen LogP contribution in [-0.2, 0) is 14.3 Å². The van der Waals surface area contributed by atoms with Crippen molar-refractivity contribution in [2.75, 3.05) is 0 Å². The van der Waals surface area contributed by atoms with E-state index in [-0.39, 0.29) is 0 Å². The average molecular weight is 190 g/mol. The Morgan fingerprint density at radius 1 is 0.923 bits per heavy atom. The summed E-state index contributed by atoms with van der Waals surface area (Å²) in [5, 5.41) is 17.3. The van der Waals surface area contributed by atoms with E-state index in [2.05, 4.69) is 0 Å². The van der Waals surface area contributed by atoms with Crippen LogP contribution in [0.3, 0.4) is 0 Å². The minimum atomic E-state index is -1.50. The second-order valence-electron chi connectivity index (χ2n) is 3.73. The normalized spacial score (nSPS) is 12.6. The summed E-state index contributed by atoms with van der Waals surface area (Å²) < 4.78 is 4.95. The number of ether oxygens (including phenoxy) is 1. The molecule has 0 aromatic heterocycles. The molecule has 0 unspecified atom stereocenters. The van der Waals surface area contributed by atoms with Gasteiger partial charge in [-0.2, -0.15) is 0 Å². The van der Waals surface area contributed by atoms with Gasteiger partial charge in [-0.15, -0.1) is 0 Å². The number of hydrogen-bond donors (Lipinski definition) is 2. The van der Waals surface area contributed by atoms with E-state index in [0.29, 0.717) is 0 Å². The van der Waals surface area contributed by atoms with Crippen LogP contribution in [0.2, 0.25) is 0 Å². The molecule has 13 heavy (non-hydrogen) atoms. The first-order valence-electron chi connectivity index (χ1n) is 3.76. The average Bonchev–Trinajstić information content (AvgIpc) is 1.83. The van der Waals surface area contributed by atoms with E-state index in [4.69, 9.17) is 14.9 Å². The maximum absolute atomic E-state index is 10.6. The maximum atomic E-state index is 10.6. The van der Waals surface area contributed by atoms with Gasteiger partial charge in [-0.25, -0.2) is 9.59 Å². The number of carboxylic acids is 2. The van der Waals surface area contributed by atoms with Gasteiger partial charge in [0.05, 0.1) is 0 Å². The first kappa shape index (κ1) is 11.9. The number of hydrogen-bond acceptors (Lipinski definition) is 3. The lowest BCUT2D eigenvalue weighted by atomic mass is 10.1. The second kappa shape index (κ2) is 3.33. The van der Waals surface area contributed by atoms with Gasteiger partial charge in [0.15, 0.2) is 11.2 Å². The summed E-state index contributed by atoms with van der Waals surface area (Å²) in [7, 11) is 0. The molecule has 0 saturated carbocycles. The van der Waals surface area contributed by atoms with Crippen LogP contribution in [0.25, 0.3) is 0 Å². The highest BCUT2D eigenvalue weighted by molar-refractivity contribution is 5.79. The lowest BCUT2D eigenvalue weighted by Gasteiger charge is -2.29. The Hall–Kier alpha value is -1.10. The third kappa shape index (κ3) is 3.02. The molecule has 0 rings (SSSR count). The summed E-state index contributed by atoms with van der Waals surface area (Å²) in [6.07, 6.45) is 0. The third-order valence-corrected chi connectivity index (χ3v) is 1.54. The summed E-state index contributed by atoms with van der Waals surface area (Å²) in [6, 6.07) is 0. The van der Waals surface area contributed by atoms with Crippen LogP contribution in [0, 0.1) is 0 Å². The Bertz CT molecular complexity index is 205. The van der Waals surface area contributed by atoms with Crippen LogP contribution in [0.5, 0.6) is 0 Å². The number of carbonyl (C=O) groups is 2. The van der Waals surface area contributed by atoms with Crippen molar-refractivity contribution in [2.45, 2.75) is 38.9 Å². The largest absolute Gasteiger partial charge is 0.479 e. The summed E-state index contributed by atoms with van der Waals surface area (Å²) in [5.41, 5.74) is -3.00. The minimum absolute atomic E-state index is 1.19. The maximum Gasteiger partial charge on any atom is 0.335 e. The van der Waals surface area contributed by atoms with Crippen molar-refractivity contribution in [1.29, 1.82) is 0 Å². The van der Waals surface area contributed by atoms with Crippen molar-refractivity contribution in [3.63, 3.8) is 0 Å². The van der Waals surface area contributed by atoms with Crippen molar-refractivity contribution < 1.29 is 24.5 Å². The number of aliphatic carboxylic acids is 2. The van der Waals surface area contributed by atoms with Crippen molar-refractivity contribution in [3.05, 3.63) is 0 Å². The Morgan fingerprint density at radius 2 is 1.15 bits per heavy atom. The van der Waals surface area contributed by atoms with E-state index in [1.54, 1.807) is 0 Å². The van der Waals surface area contributed by atoms with Gasteiger partial charge in [0, 0.05) is 0 Å². The fraction of sp³-hybridized carbons (Fsp3) is 0.750. The Morgan fingerprint density at radius 3 is 1.31 bits per heavy atom. The Balaban J connectivity index is 4.61. The predicted molar refractivity (Wildman–Crippen MR) is 44.5 cm³/mol. The van der Waals surface area contributed by atoms with E-state index < -0.39 is 23.1 Å². The van der Waals surface area contributed by atoms with Gasteiger partial charge in [0.1, 0.15) is 0 Å². The Labute approximate surface area is 76.3 Å². The van der Waals surface area contributed by atoms with E-state index >= 15 is 0 Å². The van der Waals surface area contributed by atoms with Crippen LogP contribution in [0.4, 0.5) is 0 Å². The molecule has 0 aliphatic carbocycles. The Kier molecular flexibility index (Phi) is 3.05. The lowest BCUT2D eigenvalue weighted by Crippen LogP contribution is -2.46. The topological polar surface area (TPSA) is 83.8 Å². The van der Waals surface area contributed by atoms with Crippen LogP contribution in [0.1, 0.15) is 27.7 Å². The van der Waals surface area contributed by atoms with Crippen LogP contribution < -0.4 is 0 Å². The number of rotatable bonds is 4. The van der Waals surface area contributed by atoms with Gasteiger partial charge in [0.2, 0.25) is 0 Å². The second-order valence-corrected chi connectivity index (χ2v) is 3.73. The molecule has 0 spiro atoms. The van der Waals surface area contributed by atoms with E-state index in [1.807, 2.05) is 0 Å². The zero-order valence-corrected chi connectivity index (χ0v) is 8.12. The van der Waals surface area contributed by atoms with Gasteiger partial charge in [-0.05, 0) is 27.7 Å². The summed E-state index contributed by atoms with van der Waals surface area (Å²) in [6.45, 7) is 5.22. The first-order valence-corrected chi connectivity index (χ1v) is 3.76. The summed E-state index contributed by atoms with van der Waals surface area (Å²) >= 11 is 0. The van der Waals surface area contributed by atoms with Gasteiger partial charge in [0.25, 0.3) is 0 Å². The summed E-state index contributed by atoms with van der Waals surface area (Å²) in [5.74, 6) is -2.39. The smallest absolute Gasteiger partial charge is 0.335 e. The zero-order valence-electron chi connectivity index (χ0n) is 8.12. The van der Waals surface area contributed by atoms with E-state index in [0.717, 1.165) is 0 Å². The zero-order chi connectivity index (χ0) is 10.9. The molecule has 0 aromatic carbocycles. The molecule has 0 amide bonds. The van der Waals surface area contributed by atoms with Crippen LogP contribution in [0.15, 0.2) is 0 Å². The first-order chi connectivity index (χ1) is 5.59. The molecular formula is C8H14O5. The fourth-order valence-electron chi connectivity index (χ4n) is 0.725. The van der Waals surface area contributed by atoms with Crippen LogP contribution in [-0.4, -0.2) is 33.4 Å². The van der Waals surface area contributed by atoms with Crippen molar-refractivity contribution in [1.82, 2.24) is 0 Å². The van der Waals surface area contributed by atoms with Crippen LogP contribution >= 0.6 is 0 Å². The van der Waals surface area contributed by atoms with Crippen molar-refractivity contribution in [3.8, 4) is 0 Å². The highest BCUT2D eigenvalue weighted by Gasteiger charge is 2.39. The van der Waals surface area contributed by atoms with Gasteiger partial charge < -0.3 is 14.9 Å². The molecule has 5 nitrogen and oxygen atoms in total. The van der Waals surface area contributed by atoms with Gasteiger partial charge in [-0.1, -0.05) is 0 Å².